The van der Waals surface area contributed by atoms with Crippen molar-refractivity contribution in [2.24, 2.45) is 11.0 Å². The van der Waals surface area contributed by atoms with Crippen molar-refractivity contribution < 1.29 is 36.2 Å². The maximum Gasteiger partial charge on any atom is 0.431 e. The van der Waals surface area contributed by atoms with Crippen molar-refractivity contribution in [1.29, 1.82) is 0 Å². The van der Waals surface area contributed by atoms with E-state index >= 15 is 0 Å². The molecule has 0 bridgehead atoms. The third kappa shape index (κ3) is 5.72. The second-order valence-corrected chi connectivity index (χ2v) is 10.7. The summed E-state index contributed by atoms with van der Waals surface area (Å²) in [5.74, 6) is 0.328. The van der Waals surface area contributed by atoms with E-state index in [4.69, 9.17) is 11.6 Å². The Labute approximate surface area is 232 Å². The lowest BCUT2D eigenvalue weighted by Gasteiger charge is -2.32. The number of benzene rings is 2. The predicted molar refractivity (Wildman–Crippen MR) is 141 cm³/mol. The number of carbonyl (C=O) groups excluding carboxylic acids is 1. The van der Waals surface area contributed by atoms with Crippen molar-refractivity contribution in [2.45, 2.75) is 57.1 Å². The molecule has 40 heavy (non-hydrogen) atoms. The number of amides is 1. The van der Waals surface area contributed by atoms with Gasteiger partial charge in [0.2, 0.25) is 5.91 Å². The minimum absolute atomic E-state index is 0.0700. The highest BCUT2D eigenvalue weighted by Crippen LogP contribution is 2.49. The third-order valence-electron chi connectivity index (χ3n) is 7.06. The molecular formula is C28H28ClF6N3O2. The van der Waals surface area contributed by atoms with E-state index in [0.29, 0.717) is 31.5 Å². The minimum atomic E-state index is -6.05. The van der Waals surface area contributed by atoms with Crippen LogP contribution >= 0.6 is 11.6 Å². The molecule has 0 aliphatic carbocycles. The molecule has 0 fully saturated rings. The SMILES string of the molecule is CC(C)CC(=O)N1CC=C(c2ccc(C3CC(C(O)(C(F)(F)F)C(F)(F)F)=NN3c3ccccc3Cl)cc2)CC1. The smallest absolute Gasteiger partial charge is 0.369 e. The van der Waals surface area contributed by atoms with Gasteiger partial charge in [-0.15, -0.1) is 0 Å². The van der Waals surface area contributed by atoms with Crippen LogP contribution in [0.4, 0.5) is 32.0 Å². The van der Waals surface area contributed by atoms with Gasteiger partial charge in [-0.3, -0.25) is 9.80 Å². The topological polar surface area (TPSA) is 56.1 Å². The van der Waals surface area contributed by atoms with Crippen LogP contribution in [0.1, 0.15) is 50.3 Å². The van der Waals surface area contributed by atoms with Crippen LogP contribution in [0, 0.1) is 5.92 Å². The highest BCUT2D eigenvalue weighted by Gasteiger charge is 2.74. The van der Waals surface area contributed by atoms with Gasteiger partial charge < -0.3 is 10.0 Å². The Morgan fingerprint density at radius 1 is 1.05 bits per heavy atom. The van der Waals surface area contributed by atoms with E-state index in [1.165, 1.54) is 18.2 Å². The third-order valence-corrected chi connectivity index (χ3v) is 7.38. The first-order valence-corrected chi connectivity index (χ1v) is 13.1. The Morgan fingerprint density at radius 3 is 2.20 bits per heavy atom. The lowest BCUT2D eigenvalue weighted by Crippen LogP contribution is -2.62. The molecule has 5 nitrogen and oxygen atoms in total. The van der Waals surface area contributed by atoms with Crippen molar-refractivity contribution in [3.8, 4) is 0 Å². The van der Waals surface area contributed by atoms with Gasteiger partial charge in [0.25, 0.3) is 5.60 Å². The maximum atomic E-state index is 13.7. The summed E-state index contributed by atoms with van der Waals surface area (Å²) in [6, 6.07) is 11.5. The summed E-state index contributed by atoms with van der Waals surface area (Å²) in [7, 11) is 0. The van der Waals surface area contributed by atoms with E-state index < -0.39 is 36.1 Å². The number of hydrazone groups is 1. The van der Waals surface area contributed by atoms with Crippen LogP contribution in [0.15, 0.2) is 59.7 Å². The van der Waals surface area contributed by atoms with E-state index in [-0.39, 0.29) is 22.5 Å². The molecule has 2 aliphatic rings. The molecule has 1 atom stereocenters. The first kappa shape index (κ1) is 29.9. The number of hydrogen-bond donors (Lipinski definition) is 1. The molecule has 0 saturated heterocycles. The molecule has 0 spiro atoms. The van der Waals surface area contributed by atoms with Crippen molar-refractivity contribution in [2.75, 3.05) is 18.1 Å². The normalized spacial score (nSPS) is 18.7. The van der Waals surface area contributed by atoms with Gasteiger partial charge in [-0.05, 0) is 41.2 Å². The average Bonchev–Trinajstić information content (AvgIpc) is 3.32. The molecule has 2 heterocycles. The summed E-state index contributed by atoms with van der Waals surface area (Å²) >= 11 is 6.23. The number of hydrogen-bond acceptors (Lipinski definition) is 4. The summed E-state index contributed by atoms with van der Waals surface area (Å²) in [5.41, 5.74) is -4.30. The molecule has 12 heteroatoms. The van der Waals surface area contributed by atoms with Crippen molar-refractivity contribution in [3.63, 3.8) is 0 Å². The van der Waals surface area contributed by atoms with Crippen LogP contribution < -0.4 is 5.01 Å². The van der Waals surface area contributed by atoms with Gasteiger partial charge in [-0.2, -0.15) is 31.4 Å². The summed E-state index contributed by atoms with van der Waals surface area (Å²) in [4.78, 5) is 14.1. The van der Waals surface area contributed by atoms with Gasteiger partial charge >= 0.3 is 12.4 Å². The molecule has 2 aliphatic heterocycles. The van der Waals surface area contributed by atoms with Gasteiger partial charge in [0.05, 0.1) is 22.5 Å². The van der Waals surface area contributed by atoms with Crippen LogP contribution in [-0.4, -0.2) is 52.7 Å². The monoisotopic (exact) mass is 587 g/mol. The van der Waals surface area contributed by atoms with Crippen LogP contribution in [0.3, 0.4) is 0 Å². The molecule has 2 aromatic rings. The number of anilines is 1. The van der Waals surface area contributed by atoms with Gasteiger partial charge in [0.15, 0.2) is 0 Å². The number of rotatable bonds is 6. The molecule has 0 radical (unpaired) electrons. The molecule has 0 saturated carbocycles. The standard InChI is InChI=1S/C28H28ClF6N3O2/c1-17(2)15-25(39)37-13-11-19(12-14-37)18-7-9-20(10-8-18)23-16-24(26(40,27(30,31)32)28(33,34)35)36-38(23)22-6-4-3-5-21(22)29/h3-11,17,23,40H,12-16H2,1-2H3. The van der Waals surface area contributed by atoms with Crippen LogP contribution in [0.2, 0.25) is 5.02 Å². The minimum Gasteiger partial charge on any atom is -0.369 e. The van der Waals surface area contributed by atoms with E-state index in [1.54, 1.807) is 35.2 Å². The Hall–Kier alpha value is -3.05. The van der Waals surface area contributed by atoms with Crippen molar-refractivity contribution in [3.05, 3.63) is 70.8 Å². The van der Waals surface area contributed by atoms with Crippen molar-refractivity contribution >= 4 is 34.5 Å². The molecular weight excluding hydrogens is 560 g/mol. The number of nitrogens with zero attached hydrogens (tertiary/aromatic N) is 3. The van der Waals surface area contributed by atoms with Crippen LogP contribution in [-0.2, 0) is 4.79 Å². The predicted octanol–water partition coefficient (Wildman–Crippen LogP) is 7.16. The van der Waals surface area contributed by atoms with E-state index in [0.717, 1.165) is 16.1 Å². The average molecular weight is 588 g/mol. The van der Waals surface area contributed by atoms with E-state index in [9.17, 15) is 36.2 Å². The second kappa shape index (κ2) is 11.1. The first-order chi connectivity index (χ1) is 18.6. The van der Waals surface area contributed by atoms with E-state index in [2.05, 4.69) is 5.10 Å². The number of aliphatic hydroxyl groups is 1. The maximum absolute atomic E-state index is 13.7. The highest BCUT2D eigenvalue weighted by molar-refractivity contribution is 6.33. The van der Waals surface area contributed by atoms with Gasteiger partial charge in [-0.25, -0.2) is 0 Å². The largest absolute Gasteiger partial charge is 0.431 e. The van der Waals surface area contributed by atoms with Crippen LogP contribution in [0.25, 0.3) is 5.57 Å². The van der Waals surface area contributed by atoms with Gasteiger partial charge in [0, 0.05) is 25.9 Å². The second-order valence-electron chi connectivity index (χ2n) is 10.3. The Balaban J connectivity index is 1.64. The van der Waals surface area contributed by atoms with Gasteiger partial charge in [0.1, 0.15) is 0 Å². The molecule has 2 aromatic carbocycles. The Morgan fingerprint density at radius 2 is 1.68 bits per heavy atom. The molecule has 0 aromatic heterocycles. The molecule has 4 rings (SSSR count). The molecule has 1 amide bonds. The fourth-order valence-electron chi connectivity index (χ4n) is 4.89. The summed E-state index contributed by atoms with van der Waals surface area (Å²) < 4.78 is 82.0. The van der Waals surface area contributed by atoms with E-state index in [1.807, 2.05) is 19.9 Å². The van der Waals surface area contributed by atoms with Crippen LogP contribution in [0.5, 0.6) is 0 Å². The molecule has 1 N–H and O–H groups in total. The molecule has 216 valence electrons. The summed E-state index contributed by atoms with van der Waals surface area (Å²) in [6.07, 6.45) is -9.93. The first-order valence-electron chi connectivity index (χ1n) is 12.7. The molecule has 1 unspecified atom stereocenters. The van der Waals surface area contributed by atoms with Crippen molar-refractivity contribution in [1.82, 2.24) is 4.90 Å². The number of halogens is 7. The van der Waals surface area contributed by atoms with Gasteiger partial charge in [-0.1, -0.05) is 67.9 Å². The summed E-state index contributed by atoms with van der Waals surface area (Å²) in [5, 5.41) is 14.8. The number of para-hydroxylation sites is 1. The number of carbonyl (C=O) groups is 1. The Bertz CT molecular complexity index is 1290. The lowest BCUT2D eigenvalue weighted by atomic mass is 9.89. The quantitative estimate of drug-likeness (QED) is 0.365. The summed E-state index contributed by atoms with van der Waals surface area (Å²) in [6.45, 7) is 4.95. The highest BCUT2D eigenvalue weighted by atomic mass is 35.5. The number of alkyl halides is 6. The fourth-order valence-corrected chi connectivity index (χ4v) is 5.11. The zero-order valence-electron chi connectivity index (χ0n) is 21.7. The lowest BCUT2D eigenvalue weighted by molar-refractivity contribution is -0.338. The fraction of sp³-hybridized carbons (Fsp3) is 0.429. The zero-order chi connectivity index (χ0) is 29.5. The Kier molecular flexibility index (Phi) is 8.29. The zero-order valence-corrected chi connectivity index (χ0v) is 22.5.